The SMILES string of the molecule is NC(=O)C1CCN(C(=O)C2CCCN(c3nc(Cc4ccc(Cl)cc4)ns3)C2)CC1. The molecule has 2 aliphatic heterocycles. The molecule has 2 aromatic rings. The highest BCUT2D eigenvalue weighted by Gasteiger charge is 2.33. The van der Waals surface area contributed by atoms with Gasteiger partial charge >= 0.3 is 0 Å². The second-order valence-corrected chi connectivity index (χ2v) is 9.25. The molecule has 1 unspecified atom stereocenters. The largest absolute Gasteiger partial charge is 0.369 e. The van der Waals surface area contributed by atoms with Crippen molar-refractivity contribution in [3.05, 3.63) is 40.7 Å². The molecule has 1 aromatic heterocycles. The number of anilines is 1. The number of benzene rings is 1. The average Bonchev–Trinajstić information content (AvgIpc) is 3.23. The molecule has 1 atom stereocenters. The third-order valence-corrected chi connectivity index (χ3v) is 7.05. The zero-order valence-corrected chi connectivity index (χ0v) is 18.4. The second-order valence-electron chi connectivity index (χ2n) is 8.08. The van der Waals surface area contributed by atoms with Crippen LogP contribution in [0.1, 0.15) is 37.1 Å². The summed E-state index contributed by atoms with van der Waals surface area (Å²) in [4.78, 5) is 33.2. The van der Waals surface area contributed by atoms with E-state index in [1.54, 1.807) is 0 Å². The minimum Gasteiger partial charge on any atom is -0.369 e. The van der Waals surface area contributed by atoms with Gasteiger partial charge in [-0.25, -0.2) is 4.98 Å². The lowest BCUT2D eigenvalue weighted by Crippen LogP contribution is -2.48. The Bertz CT molecular complexity index is 895. The predicted molar refractivity (Wildman–Crippen MR) is 118 cm³/mol. The molecule has 2 N–H and O–H groups in total. The van der Waals surface area contributed by atoms with Crippen molar-refractivity contribution < 1.29 is 9.59 Å². The van der Waals surface area contributed by atoms with E-state index in [4.69, 9.17) is 22.3 Å². The molecule has 30 heavy (non-hydrogen) atoms. The quantitative estimate of drug-likeness (QED) is 0.760. The first-order chi connectivity index (χ1) is 14.5. The predicted octanol–water partition coefficient (Wildman–Crippen LogP) is 2.72. The topological polar surface area (TPSA) is 92.4 Å². The number of nitrogens with two attached hydrogens (primary N) is 1. The van der Waals surface area contributed by atoms with E-state index in [1.807, 2.05) is 29.2 Å². The van der Waals surface area contributed by atoms with E-state index in [0.29, 0.717) is 43.9 Å². The van der Waals surface area contributed by atoms with Crippen molar-refractivity contribution >= 4 is 40.1 Å². The van der Waals surface area contributed by atoms with Crippen LogP contribution < -0.4 is 10.6 Å². The molecule has 7 nitrogen and oxygen atoms in total. The molecule has 2 fully saturated rings. The number of nitrogens with zero attached hydrogens (tertiary/aromatic N) is 4. The van der Waals surface area contributed by atoms with Crippen LogP contribution in [0.15, 0.2) is 24.3 Å². The first-order valence-corrected chi connectivity index (χ1v) is 11.5. The molecule has 1 aromatic carbocycles. The van der Waals surface area contributed by atoms with E-state index in [-0.39, 0.29) is 23.7 Å². The van der Waals surface area contributed by atoms with Crippen molar-refractivity contribution in [2.24, 2.45) is 17.6 Å². The number of aromatic nitrogens is 2. The number of hydrogen-bond donors (Lipinski definition) is 1. The van der Waals surface area contributed by atoms with Crippen LogP contribution in [0.5, 0.6) is 0 Å². The van der Waals surface area contributed by atoms with Gasteiger partial charge in [-0.05, 0) is 43.4 Å². The van der Waals surface area contributed by atoms with E-state index in [2.05, 4.69) is 9.27 Å². The lowest BCUT2D eigenvalue weighted by molar-refractivity contribution is -0.138. The number of halogens is 1. The molecular formula is C21H26ClN5O2S. The molecule has 2 saturated heterocycles. The molecule has 0 saturated carbocycles. The summed E-state index contributed by atoms with van der Waals surface area (Å²) in [5, 5.41) is 1.59. The zero-order chi connectivity index (χ0) is 21.1. The summed E-state index contributed by atoms with van der Waals surface area (Å²) < 4.78 is 4.51. The van der Waals surface area contributed by atoms with Gasteiger partial charge in [-0.15, -0.1) is 0 Å². The summed E-state index contributed by atoms with van der Waals surface area (Å²) in [6.45, 7) is 2.80. The number of amides is 2. The van der Waals surface area contributed by atoms with Crippen LogP contribution in [0.3, 0.4) is 0 Å². The van der Waals surface area contributed by atoms with Gasteiger partial charge in [0.25, 0.3) is 0 Å². The van der Waals surface area contributed by atoms with Crippen LogP contribution in [-0.2, 0) is 16.0 Å². The van der Waals surface area contributed by atoms with E-state index < -0.39 is 0 Å². The third kappa shape index (κ3) is 4.92. The van der Waals surface area contributed by atoms with Gasteiger partial charge < -0.3 is 15.5 Å². The van der Waals surface area contributed by atoms with E-state index in [0.717, 1.165) is 35.9 Å². The highest BCUT2D eigenvalue weighted by molar-refractivity contribution is 7.09. The van der Waals surface area contributed by atoms with Gasteiger partial charge in [0, 0.05) is 55.1 Å². The van der Waals surface area contributed by atoms with Gasteiger partial charge in [0.15, 0.2) is 0 Å². The molecule has 4 rings (SSSR count). The summed E-state index contributed by atoms with van der Waals surface area (Å²) in [6.07, 6.45) is 3.85. The van der Waals surface area contributed by atoms with Gasteiger partial charge in [-0.3, -0.25) is 9.59 Å². The smallest absolute Gasteiger partial charge is 0.227 e. The van der Waals surface area contributed by atoms with Gasteiger partial charge in [0.2, 0.25) is 16.9 Å². The second kappa shape index (κ2) is 9.31. The number of likely N-dealkylation sites (tertiary alicyclic amines) is 1. The molecule has 2 aliphatic rings. The summed E-state index contributed by atoms with van der Waals surface area (Å²) in [7, 11) is 0. The Morgan fingerprint density at radius 3 is 2.53 bits per heavy atom. The first-order valence-electron chi connectivity index (χ1n) is 10.4. The van der Waals surface area contributed by atoms with Crippen LogP contribution in [0.2, 0.25) is 5.02 Å². The Labute approximate surface area is 185 Å². The molecule has 0 aliphatic carbocycles. The maximum Gasteiger partial charge on any atom is 0.227 e. The van der Waals surface area contributed by atoms with Crippen LogP contribution in [0.25, 0.3) is 0 Å². The molecule has 0 spiro atoms. The molecular weight excluding hydrogens is 422 g/mol. The van der Waals surface area contributed by atoms with Crippen LogP contribution in [0.4, 0.5) is 5.13 Å². The highest BCUT2D eigenvalue weighted by atomic mass is 35.5. The Balaban J connectivity index is 1.35. The van der Waals surface area contributed by atoms with Crippen molar-refractivity contribution in [1.29, 1.82) is 0 Å². The van der Waals surface area contributed by atoms with Crippen LogP contribution in [0, 0.1) is 11.8 Å². The van der Waals surface area contributed by atoms with Crippen molar-refractivity contribution in [2.45, 2.75) is 32.1 Å². The standard InChI is InChI=1S/C21H26ClN5O2S/c22-17-5-3-14(4-6-17)12-18-24-21(30-25-18)27-9-1-2-16(13-27)20(29)26-10-7-15(8-11-26)19(23)28/h3-6,15-16H,1-2,7-13H2,(H2,23,28). The molecule has 2 amide bonds. The fourth-order valence-corrected chi connectivity index (χ4v) is 5.07. The minimum atomic E-state index is -0.253. The van der Waals surface area contributed by atoms with Crippen molar-refractivity contribution in [2.75, 3.05) is 31.1 Å². The van der Waals surface area contributed by atoms with Gasteiger partial charge in [0.1, 0.15) is 5.82 Å². The Morgan fingerprint density at radius 2 is 1.83 bits per heavy atom. The zero-order valence-electron chi connectivity index (χ0n) is 16.8. The number of rotatable bonds is 5. The number of primary amides is 1. The van der Waals surface area contributed by atoms with Crippen molar-refractivity contribution in [1.82, 2.24) is 14.3 Å². The Morgan fingerprint density at radius 1 is 1.10 bits per heavy atom. The molecule has 3 heterocycles. The van der Waals surface area contributed by atoms with Crippen LogP contribution in [-0.4, -0.2) is 52.3 Å². The normalized spacial score (nSPS) is 20.4. The maximum absolute atomic E-state index is 13.0. The number of hydrogen-bond acceptors (Lipinski definition) is 6. The van der Waals surface area contributed by atoms with Gasteiger partial charge in [-0.2, -0.15) is 4.37 Å². The Hall–Kier alpha value is -2.19. The summed E-state index contributed by atoms with van der Waals surface area (Å²) >= 11 is 7.34. The number of carbonyl (C=O) groups excluding carboxylic acids is 2. The van der Waals surface area contributed by atoms with E-state index >= 15 is 0 Å². The molecule has 160 valence electrons. The fraction of sp³-hybridized carbons (Fsp3) is 0.524. The van der Waals surface area contributed by atoms with E-state index in [9.17, 15) is 9.59 Å². The summed E-state index contributed by atoms with van der Waals surface area (Å²) in [6, 6.07) is 7.72. The van der Waals surface area contributed by atoms with Gasteiger partial charge in [0.05, 0.1) is 5.92 Å². The Kier molecular flexibility index (Phi) is 6.53. The summed E-state index contributed by atoms with van der Waals surface area (Å²) in [5.41, 5.74) is 6.52. The fourth-order valence-electron chi connectivity index (χ4n) is 4.22. The van der Waals surface area contributed by atoms with Gasteiger partial charge in [-0.1, -0.05) is 23.7 Å². The lowest BCUT2D eigenvalue weighted by Gasteiger charge is -2.37. The van der Waals surface area contributed by atoms with Crippen molar-refractivity contribution in [3.8, 4) is 0 Å². The van der Waals surface area contributed by atoms with Crippen LogP contribution >= 0.6 is 23.1 Å². The third-order valence-electron chi connectivity index (χ3n) is 5.98. The van der Waals surface area contributed by atoms with Crippen molar-refractivity contribution in [3.63, 3.8) is 0 Å². The minimum absolute atomic E-state index is 0.0347. The molecule has 0 bridgehead atoms. The molecule has 0 radical (unpaired) electrons. The summed E-state index contributed by atoms with van der Waals surface area (Å²) in [5.74, 6) is 0.592. The molecule has 9 heteroatoms. The first kappa shape index (κ1) is 21.1. The number of carbonyl (C=O) groups is 2. The number of piperidine rings is 2. The monoisotopic (exact) mass is 447 g/mol. The lowest BCUT2D eigenvalue weighted by atomic mass is 9.92. The maximum atomic E-state index is 13.0. The average molecular weight is 448 g/mol. The van der Waals surface area contributed by atoms with E-state index in [1.165, 1.54) is 11.5 Å². The highest BCUT2D eigenvalue weighted by Crippen LogP contribution is 2.28.